The predicted molar refractivity (Wildman–Crippen MR) is 149 cm³/mol. The molecule has 0 aliphatic carbocycles. The second-order valence-electron chi connectivity index (χ2n) is 8.86. The third-order valence-corrected chi connectivity index (χ3v) is 6.07. The van der Waals surface area contributed by atoms with Crippen LogP contribution in [-0.2, 0) is 6.61 Å². The van der Waals surface area contributed by atoms with E-state index < -0.39 is 5.91 Å². The number of benzene rings is 2. The molecule has 5 rings (SSSR count). The molecule has 0 bridgehead atoms. The quantitative estimate of drug-likeness (QED) is 0.163. The smallest absolute Gasteiger partial charge is 0.307 e. The molecular weight excluding hydrogens is 494 g/mol. The number of nitrogens with one attached hydrogen (secondary N) is 1. The first-order valence-corrected chi connectivity index (χ1v) is 12.6. The van der Waals surface area contributed by atoms with Gasteiger partial charge in [-0.25, -0.2) is 5.43 Å². The molecule has 0 fully saturated rings. The highest BCUT2D eigenvalue weighted by Gasteiger charge is 2.12. The van der Waals surface area contributed by atoms with Crippen molar-refractivity contribution in [3.05, 3.63) is 114 Å². The molecule has 1 N–H and O–H groups in total. The number of carbonyl (C=O) groups excluding carboxylic acids is 1. The summed E-state index contributed by atoms with van der Waals surface area (Å²) in [7, 11) is 0. The van der Waals surface area contributed by atoms with Gasteiger partial charge in [0.2, 0.25) is 0 Å². The van der Waals surface area contributed by atoms with E-state index in [1.807, 2.05) is 61.5 Å². The third kappa shape index (κ3) is 6.13. The first-order valence-electron chi connectivity index (χ1n) is 12.6. The zero-order chi connectivity index (χ0) is 27.2. The van der Waals surface area contributed by atoms with Crippen LogP contribution in [0.3, 0.4) is 0 Å². The van der Waals surface area contributed by atoms with E-state index in [2.05, 4.69) is 41.1 Å². The van der Waals surface area contributed by atoms with E-state index in [4.69, 9.17) is 18.3 Å². The molecule has 0 aliphatic rings. The van der Waals surface area contributed by atoms with Crippen LogP contribution < -0.4 is 14.9 Å². The molecule has 0 aliphatic heterocycles. The maximum atomic E-state index is 12.4. The molecule has 8 heteroatoms. The number of carbonyl (C=O) groups is 1. The molecule has 0 atom stereocenters. The summed E-state index contributed by atoms with van der Waals surface area (Å²) in [6, 6.07) is 26.5. The van der Waals surface area contributed by atoms with E-state index >= 15 is 0 Å². The number of nitrogens with zero attached hydrogens (tertiary/aromatic N) is 2. The minimum absolute atomic E-state index is 0.133. The monoisotopic (exact) mass is 523 g/mol. The second-order valence-corrected chi connectivity index (χ2v) is 8.86. The SMILES string of the molecule is CCOc1ccc(-c2ccc(/C=N/NC(=O)c3ccc(COc4ccc(-n5c(C)ccc5C)cc4)o3)o2)cc1. The van der Waals surface area contributed by atoms with E-state index in [1.54, 1.807) is 18.2 Å². The lowest BCUT2D eigenvalue weighted by atomic mass is 10.2. The number of ether oxygens (including phenoxy) is 2. The lowest BCUT2D eigenvalue weighted by Crippen LogP contribution is -2.16. The summed E-state index contributed by atoms with van der Waals surface area (Å²) in [5.41, 5.74) is 6.78. The highest BCUT2D eigenvalue weighted by atomic mass is 16.5. The zero-order valence-electron chi connectivity index (χ0n) is 22.0. The van der Waals surface area contributed by atoms with Crippen molar-refractivity contribution in [2.75, 3.05) is 6.61 Å². The van der Waals surface area contributed by atoms with Crippen LogP contribution >= 0.6 is 0 Å². The van der Waals surface area contributed by atoms with E-state index in [0.717, 1.165) is 17.0 Å². The van der Waals surface area contributed by atoms with Crippen LogP contribution in [0.4, 0.5) is 0 Å². The van der Waals surface area contributed by atoms with Crippen molar-refractivity contribution < 1.29 is 23.1 Å². The molecule has 2 aromatic carbocycles. The van der Waals surface area contributed by atoms with Crippen molar-refractivity contribution in [1.82, 2.24) is 9.99 Å². The minimum atomic E-state index is -0.474. The summed E-state index contributed by atoms with van der Waals surface area (Å²) < 4.78 is 24.9. The largest absolute Gasteiger partial charge is 0.494 e. The van der Waals surface area contributed by atoms with Crippen molar-refractivity contribution in [3.63, 3.8) is 0 Å². The van der Waals surface area contributed by atoms with Crippen LogP contribution in [-0.4, -0.2) is 23.3 Å². The molecule has 0 saturated carbocycles. The van der Waals surface area contributed by atoms with Crippen molar-refractivity contribution in [1.29, 1.82) is 0 Å². The summed E-state index contributed by atoms with van der Waals surface area (Å²) >= 11 is 0. The van der Waals surface area contributed by atoms with Gasteiger partial charge in [-0.3, -0.25) is 4.79 Å². The summed E-state index contributed by atoms with van der Waals surface area (Å²) in [5, 5.41) is 3.98. The van der Waals surface area contributed by atoms with Gasteiger partial charge in [0.1, 0.15) is 35.4 Å². The van der Waals surface area contributed by atoms with Crippen LogP contribution in [0.15, 0.2) is 98.9 Å². The Morgan fingerprint density at radius 1 is 0.846 bits per heavy atom. The van der Waals surface area contributed by atoms with Gasteiger partial charge in [-0.1, -0.05) is 0 Å². The second kappa shape index (κ2) is 11.6. The number of hydrazone groups is 1. The molecule has 3 aromatic heterocycles. The van der Waals surface area contributed by atoms with Gasteiger partial charge in [-0.05, 0) is 106 Å². The van der Waals surface area contributed by atoms with Crippen LogP contribution in [0.1, 0.15) is 40.4 Å². The minimum Gasteiger partial charge on any atom is -0.494 e. The fourth-order valence-electron chi connectivity index (χ4n) is 4.17. The van der Waals surface area contributed by atoms with Crippen LogP contribution in [0.5, 0.6) is 11.5 Å². The fraction of sp³-hybridized carbons (Fsp3) is 0.161. The van der Waals surface area contributed by atoms with Crippen molar-refractivity contribution in [2.24, 2.45) is 5.10 Å². The molecule has 0 radical (unpaired) electrons. The molecule has 0 unspecified atom stereocenters. The first-order chi connectivity index (χ1) is 19.0. The van der Waals surface area contributed by atoms with E-state index in [9.17, 15) is 4.79 Å². The van der Waals surface area contributed by atoms with Crippen LogP contribution in [0.2, 0.25) is 0 Å². The lowest BCUT2D eigenvalue weighted by Gasteiger charge is -2.10. The van der Waals surface area contributed by atoms with Crippen LogP contribution in [0, 0.1) is 13.8 Å². The Bertz CT molecular complexity index is 1550. The van der Waals surface area contributed by atoms with Gasteiger partial charge in [0.15, 0.2) is 5.76 Å². The van der Waals surface area contributed by atoms with Gasteiger partial charge in [0.05, 0.1) is 12.8 Å². The number of rotatable bonds is 10. The Hall–Kier alpha value is -4.98. The first kappa shape index (κ1) is 25.7. The average molecular weight is 524 g/mol. The van der Waals surface area contributed by atoms with Gasteiger partial charge < -0.3 is 22.9 Å². The molecule has 0 saturated heterocycles. The molecule has 39 heavy (non-hydrogen) atoms. The van der Waals surface area contributed by atoms with Crippen molar-refractivity contribution >= 4 is 12.1 Å². The number of aryl methyl sites for hydroxylation is 2. The zero-order valence-corrected chi connectivity index (χ0v) is 22.0. The number of aromatic nitrogens is 1. The maximum absolute atomic E-state index is 12.4. The van der Waals surface area contributed by atoms with Gasteiger partial charge >= 0.3 is 5.91 Å². The molecule has 1 amide bonds. The molecule has 0 spiro atoms. The average Bonchev–Trinajstić information content (AvgIpc) is 3.69. The number of amides is 1. The Balaban J connectivity index is 1.12. The predicted octanol–water partition coefficient (Wildman–Crippen LogP) is 6.69. The molecule has 198 valence electrons. The fourth-order valence-corrected chi connectivity index (χ4v) is 4.17. The van der Waals surface area contributed by atoms with Gasteiger partial charge in [0.25, 0.3) is 0 Å². The summed E-state index contributed by atoms with van der Waals surface area (Å²) in [6.45, 7) is 6.90. The van der Waals surface area contributed by atoms with Crippen molar-refractivity contribution in [2.45, 2.75) is 27.4 Å². The summed E-state index contributed by atoms with van der Waals surface area (Å²) in [5.74, 6) is 2.88. The van der Waals surface area contributed by atoms with Gasteiger partial charge in [-0.15, -0.1) is 0 Å². The molecule has 8 nitrogen and oxygen atoms in total. The normalized spacial score (nSPS) is 11.2. The number of furan rings is 2. The maximum Gasteiger partial charge on any atom is 0.307 e. The standard InChI is InChI=1S/C31H29N3O5/c1-4-36-25-11-7-23(8-12-25)29-17-15-27(38-29)19-32-33-31(35)30-18-16-28(39-30)20-37-26-13-9-24(10-14-26)34-21(2)5-6-22(34)3/h5-19H,4,20H2,1-3H3,(H,33,35)/b32-19+. The summed E-state index contributed by atoms with van der Waals surface area (Å²) in [4.78, 5) is 12.4. The van der Waals surface area contributed by atoms with Gasteiger partial charge in [0, 0.05) is 22.6 Å². The van der Waals surface area contributed by atoms with Gasteiger partial charge in [-0.2, -0.15) is 5.10 Å². The van der Waals surface area contributed by atoms with Crippen LogP contribution in [0.25, 0.3) is 17.0 Å². The molecular formula is C31H29N3O5. The lowest BCUT2D eigenvalue weighted by molar-refractivity contribution is 0.0923. The molecule has 5 aromatic rings. The Morgan fingerprint density at radius 2 is 1.54 bits per heavy atom. The van der Waals surface area contributed by atoms with E-state index in [-0.39, 0.29) is 12.4 Å². The Morgan fingerprint density at radius 3 is 2.26 bits per heavy atom. The van der Waals surface area contributed by atoms with Crippen molar-refractivity contribution in [3.8, 4) is 28.5 Å². The Labute approximate surface area is 226 Å². The third-order valence-electron chi connectivity index (χ3n) is 6.07. The topological polar surface area (TPSA) is 91.1 Å². The summed E-state index contributed by atoms with van der Waals surface area (Å²) in [6.07, 6.45) is 1.43. The highest BCUT2D eigenvalue weighted by Crippen LogP contribution is 2.24. The number of hydrogen-bond donors (Lipinski definition) is 1. The number of hydrogen-bond acceptors (Lipinski definition) is 6. The van der Waals surface area contributed by atoms with E-state index in [1.165, 1.54) is 17.6 Å². The Kier molecular flexibility index (Phi) is 7.63. The highest BCUT2D eigenvalue weighted by molar-refractivity contribution is 5.92. The molecule has 3 heterocycles. The van der Waals surface area contributed by atoms with E-state index in [0.29, 0.717) is 29.6 Å².